The molecule has 1 N–H and O–H groups in total. The van der Waals surface area contributed by atoms with Crippen molar-refractivity contribution in [3.63, 3.8) is 0 Å². The highest BCUT2D eigenvalue weighted by Gasteiger charge is 2.39. The molecule has 0 unspecified atom stereocenters. The number of imide groups is 1. The van der Waals surface area contributed by atoms with E-state index in [1.165, 1.54) is 6.92 Å². The second-order valence-corrected chi connectivity index (χ2v) is 6.56. The number of carbonyl (C=O) groups excluding carboxylic acids is 3. The first-order valence-electron chi connectivity index (χ1n) is 7.73. The molecular formula is C19H14Cl2N2O3. The molecule has 0 spiro atoms. The predicted octanol–water partition coefficient (Wildman–Crippen LogP) is 4.13. The molecule has 0 aliphatic carbocycles. The molecule has 7 heteroatoms. The monoisotopic (exact) mass is 388 g/mol. The molecule has 0 saturated carbocycles. The third-order valence-corrected chi connectivity index (χ3v) is 4.76. The summed E-state index contributed by atoms with van der Waals surface area (Å²) in [5.74, 6) is -1.31. The molecule has 0 saturated heterocycles. The first-order valence-corrected chi connectivity index (χ1v) is 8.48. The number of anilines is 2. The van der Waals surface area contributed by atoms with Crippen LogP contribution in [0.2, 0.25) is 5.02 Å². The maximum atomic E-state index is 12.9. The molecular weight excluding hydrogens is 375 g/mol. The Hall–Kier alpha value is -2.63. The molecule has 0 bridgehead atoms. The topological polar surface area (TPSA) is 66.5 Å². The zero-order valence-corrected chi connectivity index (χ0v) is 15.5. The lowest BCUT2D eigenvalue weighted by molar-refractivity contribution is -0.120. The van der Waals surface area contributed by atoms with Crippen LogP contribution in [0.5, 0.6) is 0 Å². The van der Waals surface area contributed by atoms with Crippen molar-refractivity contribution in [3.8, 4) is 0 Å². The fourth-order valence-electron chi connectivity index (χ4n) is 2.73. The van der Waals surface area contributed by atoms with Crippen LogP contribution in [0.4, 0.5) is 11.4 Å². The molecule has 0 radical (unpaired) electrons. The Morgan fingerprint density at radius 3 is 2.27 bits per heavy atom. The Labute approximate surface area is 160 Å². The standard InChI is InChI=1S/C19H14Cl2N2O3/c1-10-14(20)4-3-5-15(10)23-18(25)16(17(21)19(23)26)12-6-8-13(9-7-12)22-11(2)24/h3-9H,1-2H3,(H,22,24). The summed E-state index contributed by atoms with van der Waals surface area (Å²) >= 11 is 12.3. The van der Waals surface area contributed by atoms with E-state index in [2.05, 4.69) is 5.32 Å². The smallest absolute Gasteiger partial charge is 0.277 e. The Kier molecular flexibility index (Phi) is 4.85. The molecule has 0 aromatic heterocycles. The van der Waals surface area contributed by atoms with Crippen LogP contribution in [0.1, 0.15) is 18.1 Å². The van der Waals surface area contributed by atoms with Gasteiger partial charge in [0.25, 0.3) is 11.8 Å². The van der Waals surface area contributed by atoms with Gasteiger partial charge in [-0.3, -0.25) is 14.4 Å². The SMILES string of the molecule is CC(=O)Nc1ccc(C2=C(Cl)C(=O)N(c3cccc(Cl)c3C)C2=O)cc1. The van der Waals surface area contributed by atoms with E-state index in [1.54, 1.807) is 49.4 Å². The third-order valence-electron chi connectivity index (χ3n) is 4.00. The van der Waals surface area contributed by atoms with Gasteiger partial charge < -0.3 is 5.32 Å². The summed E-state index contributed by atoms with van der Waals surface area (Å²) in [5.41, 5.74) is 2.20. The van der Waals surface area contributed by atoms with E-state index < -0.39 is 11.8 Å². The predicted molar refractivity (Wildman–Crippen MR) is 102 cm³/mol. The average Bonchev–Trinajstić information content (AvgIpc) is 2.81. The first kappa shape index (κ1) is 18.2. The number of carbonyl (C=O) groups is 3. The molecule has 132 valence electrons. The van der Waals surface area contributed by atoms with E-state index in [0.717, 1.165) is 4.90 Å². The van der Waals surface area contributed by atoms with Gasteiger partial charge in [0.05, 0.1) is 11.3 Å². The van der Waals surface area contributed by atoms with Crippen LogP contribution in [-0.2, 0) is 14.4 Å². The largest absolute Gasteiger partial charge is 0.326 e. The van der Waals surface area contributed by atoms with Gasteiger partial charge >= 0.3 is 0 Å². The number of amides is 3. The summed E-state index contributed by atoms with van der Waals surface area (Å²) in [7, 11) is 0. The molecule has 3 rings (SSSR count). The van der Waals surface area contributed by atoms with Crippen molar-refractivity contribution in [2.24, 2.45) is 0 Å². The minimum Gasteiger partial charge on any atom is -0.326 e. The second kappa shape index (κ2) is 6.94. The van der Waals surface area contributed by atoms with E-state index in [1.807, 2.05) is 0 Å². The highest BCUT2D eigenvalue weighted by molar-refractivity contribution is 6.60. The van der Waals surface area contributed by atoms with Gasteiger partial charge in [0.1, 0.15) is 5.03 Å². The van der Waals surface area contributed by atoms with Crippen LogP contribution in [0.25, 0.3) is 5.57 Å². The number of rotatable bonds is 3. The quantitative estimate of drug-likeness (QED) is 0.803. The Bertz CT molecular complexity index is 965. The van der Waals surface area contributed by atoms with E-state index in [-0.39, 0.29) is 16.5 Å². The lowest BCUT2D eigenvalue weighted by Gasteiger charge is -2.18. The van der Waals surface area contributed by atoms with Gasteiger partial charge in [0.15, 0.2) is 0 Å². The van der Waals surface area contributed by atoms with E-state index in [4.69, 9.17) is 23.2 Å². The average molecular weight is 389 g/mol. The Morgan fingerprint density at radius 1 is 1.00 bits per heavy atom. The molecule has 0 fully saturated rings. The van der Waals surface area contributed by atoms with Crippen LogP contribution in [0, 0.1) is 6.92 Å². The third kappa shape index (κ3) is 3.11. The Balaban J connectivity index is 1.99. The molecule has 2 aromatic carbocycles. The normalized spacial score (nSPS) is 14.2. The second-order valence-electron chi connectivity index (χ2n) is 5.78. The minimum absolute atomic E-state index is 0.116. The lowest BCUT2D eigenvalue weighted by atomic mass is 10.1. The molecule has 2 aromatic rings. The number of hydrogen-bond donors (Lipinski definition) is 1. The minimum atomic E-state index is -0.594. The maximum Gasteiger partial charge on any atom is 0.277 e. The number of nitrogens with zero attached hydrogens (tertiary/aromatic N) is 1. The molecule has 1 heterocycles. The summed E-state index contributed by atoms with van der Waals surface area (Å²) in [6.45, 7) is 3.13. The lowest BCUT2D eigenvalue weighted by Crippen LogP contribution is -2.31. The van der Waals surface area contributed by atoms with Gasteiger partial charge in [0.2, 0.25) is 5.91 Å². The van der Waals surface area contributed by atoms with Gasteiger partial charge in [0, 0.05) is 17.6 Å². The number of benzene rings is 2. The zero-order chi connectivity index (χ0) is 19.0. The highest BCUT2D eigenvalue weighted by Crippen LogP contribution is 2.37. The van der Waals surface area contributed by atoms with Crippen LogP contribution in [0.15, 0.2) is 47.5 Å². The zero-order valence-electron chi connectivity index (χ0n) is 14.0. The van der Waals surface area contributed by atoms with Crippen molar-refractivity contribution in [1.82, 2.24) is 0 Å². The summed E-state index contributed by atoms with van der Waals surface area (Å²) in [6, 6.07) is 11.5. The fraction of sp³-hybridized carbons (Fsp3) is 0.105. The summed E-state index contributed by atoms with van der Waals surface area (Å²) in [5, 5.41) is 2.94. The van der Waals surface area contributed by atoms with Gasteiger partial charge in [-0.1, -0.05) is 41.4 Å². The molecule has 5 nitrogen and oxygen atoms in total. The molecule has 1 aliphatic heterocycles. The number of halogens is 2. The van der Waals surface area contributed by atoms with Crippen molar-refractivity contribution in [2.45, 2.75) is 13.8 Å². The van der Waals surface area contributed by atoms with Gasteiger partial charge in [-0.25, -0.2) is 4.90 Å². The maximum absolute atomic E-state index is 12.9. The summed E-state index contributed by atoms with van der Waals surface area (Å²) in [4.78, 5) is 37.6. The van der Waals surface area contributed by atoms with Crippen LogP contribution < -0.4 is 10.2 Å². The van der Waals surface area contributed by atoms with Crippen molar-refractivity contribution in [1.29, 1.82) is 0 Å². The van der Waals surface area contributed by atoms with E-state index in [0.29, 0.717) is 27.5 Å². The van der Waals surface area contributed by atoms with Crippen LogP contribution in [-0.4, -0.2) is 17.7 Å². The van der Waals surface area contributed by atoms with E-state index >= 15 is 0 Å². The van der Waals surface area contributed by atoms with E-state index in [9.17, 15) is 14.4 Å². The van der Waals surface area contributed by atoms with Gasteiger partial charge in [-0.05, 0) is 42.3 Å². The Morgan fingerprint density at radius 2 is 1.65 bits per heavy atom. The molecule has 26 heavy (non-hydrogen) atoms. The molecule has 1 aliphatic rings. The van der Waals surface area contributed by atoms with Gasteiger partial charge in [-0.2, -0.15) is 0 Å². The highest BCUT2D eigenvalue weighted by atomic mass is 35.5. The number of nitrogens with one attached hydrogen (secondary N) is 1. The molecule has 0 atom stereocenters. The van der Waals surface area contributed by atoms with Crippen molar-refractivity contribution in [3.05, 3.63) is 63.6 Å². The van der Waals surface area contributed by atoms with Crippen molar-refractivity contribution < 1.29 is 14.4 Å². The van der Waals surface area contributed by atoms with Crippen molar-refractivity contribution >= 4 is 57.9 Å². The fourth-order valence-corrected chi connectivity index (χ4v) is 3.18. The first-order chi connectivity index (χ1) is 12.3. The van der Waals surface area contributed by atoms with Crippen LogP contribution in [0.3, 0.4) is 0 Å². The van der Waals surface area contributed by atoms with Crippen LogP contribution >= 0.6 is 23.2 Å². The summed E-state index contributed by atoms with van der Waals surface area (Å²) < 4.78 is 0. The van der Waals surface area contributed by atoms with Crippen molar-refractivity contribution in [2.75, 3.05) is 10.2 Å². The van der Waals surface area contributed by atoms with Gasteiger partial charge in [-0.15, -0.1) is 0 Å². The molecule has 3 amide bonds. The number of hydrogen-bond acceptors (Lipinski definition) is 3. The summed E-state index contributed by atoms with van der Waals surface area (Å²) in [6.07, 6.45) is 0.